The normalized spacial score (nSPS) is 15.2. The summed E-state index contributed by atoms with van der Waals surface area (Å²) in [5.41, 5.74) is 1.09. The second-order valence-electron chi connectivity index (χ2n) is 8.49. The van der Waals surface area contributed by atoms with Crippen LogP contribution in [0.2, 0.25) is 0 Å². The van der Waals surface area contributed by atoms with Crippen LogP contribution in [-0.2, 0) is 22.6 Å². The van der Waals surface area contributed by atoms with Crippen LogP contribution in [0.25, 0.3) is 10.2 Å². The third-order valence-corrected chi connectivity index (χ3v) is 8.02. The van der Waals surface area contributed by atoms with E-state index in [2.05, 4.69) is 21.6 Å². The van der Waals surface area contributed by atoms with Gasteiger partial charge in [-0.25, -0.2) is 4.98 Å². The Morgan fingerprint density at radius 2 is 1.68 bits per heavy atom. The number of ether oxygens (including phenoxy) is 1. The number of hydrogen-bond acceptors (Lipinski definition) is 8. The minimum atomic E-state index is -0.565. The average Bonchev–Trinajstić information content (AvgIpc) is 3.50. The quantitative estimate of drug-likeness (QED) is 0.336. The van der Waals surface area contributed by atoms with Crippen molar-refractivity contribution in [3.63, 3.8) is 0 Å². The molecule has 0 atom stereocenters. The van der Waals surface area contributed by atoms with E-state index in [4.69, 9.17) is 9.72 Å². The summed E-state index contributed by atoms with van der Waals surface area (Å²) in [4.78, 5) is 30.5. The Bertz CT molecular complexity index is 1260. The number of fused-ring (bicyclic) bond motifs is 1. The standard InChI is InChI=1S/C25H24N4O3S2/c30-22(26-17-9-3-1-4-10-17)23-29-28-21(34-23)16-32-24(31)25(13-7-2-8-14-25)15-20-27-18-11-5-6-12-19(18)33-20/h1,3-6,9-12H,2,7-8,13-16H2,(H,26,30). The van der Waals surface area contributed by atoms with Gasteiger partial charge in [0.2, 0.25) is 5.01 Å². The summed E-state index contributed by atoms with van der Waals surface area (Å²) in [6.45, 7) is 0.0106. The molecule has 7 nitrogen and oxygen atoms in total. The number of nitrogens with one attached hydrogen (secondary N) is 1. The number of carbonyl (C=O) groups excluding carboxylic acids is 2. The lowest BCUT2D eigenvalue weighted by Crippen LogP contribution is -2.37. The maximum Gasteiger partial charge on any atom is 0.312 e. The molecule has 1 amide bonds. The average molecular weight is 493 g/mol. The molecule has 1 N–H and O–H groups in total. The number of para-hydroxylation sites is 2. The van der Waals surface area contributed by atoms with Crippen LogP contribution >= 0.6 is 22.7 Å². The predicted octanol–water partition coefficient (Wildman–Crippen LogP) is 5.64. The molecule has 0 unspecified atom stereocenters. The van der Waals surface area contributed by atoms with Gasteiger partial charge in [0.05, 0.1) is 20.6 Å². The zero-order valence-electron chi connectivity index (χ0n) is 18.5. The van der Waals surface area contributed by atoms with E-state index in [1.54, 1.807) is 23.5 Å². The van der Waals surface area contributed by atoms with E-state index in [0.717, 1.165) is 58.7 Å². The fourth-order valence-electron chi connectivity index (χ4n) is 4.36. The number of rotatable bonds is 7. The summed E-state index contributed by atoms with van der Waals surface area (Å²) >= 11 is 2.78. The van der Waals surface area contributed by atoms with E-state index >= 15 is 0 Å². The molecule has 174 valence electrons. The van der Waals surface area contributed by atoms with Crippen molar-refractivity contribution in [2.45, 2.75) is 45.1 Å². The Hall–Kier alpha value is -3.17. The number of amides is 1. The van der Waals surface area contributed by atoms with E-state index in [-0.39, 0.29) is 23.5 Å². The van der Waals surface area contributed by atoms with E-state index in [0.29, 0.717) is 17.1 Å². The van der Waals surface area contributed by atoms with Gasteiger partial charge >= 0.3 is 5.97 Å². The summed E-state index contributed by atoms with van der Waals surface area (Å²) in [5, 5.41) is 12.5. The van der Waals surface area contributed by atoms with Crippen LogP contribution < -0.4 is 5.32 Å². The number of anilines is 1. The van der Waals surface area contributed by atoms with Gasteiger partial charge in [0, 0.05) is 12.1 Å². The molecule has 2 heterocycles. The molecule has 0 radical (unpaired) electrons. The minimum Gasteiger partial charge on any atom is -0.458 e. The summed E-state index contributed by atoms with van der Waals surface area (Å²) in [6, 6.07) is 17.2. The summed E-state index contributed by atoms with van der Waals surface area (Å²) in [5.74, 6) is -0.544. The molecular formula is C25H24N4O3S2. The number of hydrogen-bond donors (Lipinski definition) is 1. The van der Waals surface area contributed by atoms with Crippen LogP contribution in [0.15, 0.2) is 54.6 Å². The monoisotopic (exact) mass is 492 g/mol. The first-order chi connectivity index (χ1) is 16.6. The number of carbonyl (C=O) groups is 2. The third-order valence-electron chi connectivity index (χ3n) is 6.09. The first-order valence-electron chi connectivity index (χ1n) is 11.3. The summed E-state index contributed by atoms with van der Waals surface area (Å²) < 4.78 is 6.87. The Kier molecular flexibility index (Phi) is 6.64. The van der Waals surface area contributed by atoms with Gasteiger partial charge in [-0.1, -0.05) is 60.9 Å². The van der Waals surface area contributed by atoms with Crippen molar-refractivity contribution in [1.29, 1.82) is 0 Å². The number of thiazole rings is 1. The largest absolute Gasteiger partial charge is 0.458 e. The maximum absolute atomic E-state index is 13.3. The first kappa shape index (κ1) is 22.6. The minimum absolute atomic E-state index is 0.0106. The second kappa shape index (κ2) is 9.99. The van der Waals surface area contributed by atoms with E-state index in [9.17, 15) is 9.59 Å². The number of aromatic nitrogens is 3. The number of nitrogens with zero attached hydrogens (tertiary/aromatic N) is 3. The third kappa shape index (κ3) is 5.00. The van der Waals surface area contributed by atoms with Gasteiger partial charge in [-0.3, -0.25) is 9.59 Å². The molecule has 0 saturated heterocycles. The molecule has 0 bridgehead atoms. The van der Waals surface area contributed by atoms with Gasteiger partial charge in [0.25, 0.3) is 5.91 Å². The first-order valence-corrected chi connectivity index (χ1v) is 13.0. The van der Waals surface area contributed by atoms with Crippen LogP contribution in [0.4, 0.5) is 5.69 Å². The maximum atomic E-state index is 13.3. The summed E-state index contributed by atoms with van der Waals surface area (Å²) in [6.07, 6.45) is 5.31. The smallest absolute Gasteiger partial charge is 0.312 e. The molecule has 0 spiro atoms. The van der Waals surface area contributed by atoms with Crippen LogP contribution in [-0.4, -0.2) is 27.1 Å². The van der Waals surface area contributed by atoms with Crippen LogP contribution in [0, 0.1) is 5.41 Å². The van der Waals surface area contributed by atoms with Gasteiger partial charge in [-0.05, 0) is 37.1 Å². The molecule has 5 rings (SSSR count). The van der Waals surface area contributed by atoms with Crippen molar-refractivity contribution in [1.82, 2.24) is 15.2 Å². The molecule has 1 fully saturated rings. The topological polar surface area (TPSA) is 94.1 Å². The Labute approximate surface area is 205 Å². The van der Waals surface area contributed by atoms with Crippen molar-refractivity contribution in [2.24, 2.45) is 5.41 Å². The SMILES string of the molecule is O=C(Nc1ccccc1)c1nnc(COC(=O)C2(Cc3nc4ccccc4s3)CCCCC2)s1. The van der Waals surface area contributed by atoms with E-state index in [1.165, 1.54) is 0 Å². The van der Waals surface area contributed by atoms with Gasteiger partial charge in [0.1, 0.15) is 6.61 Å². The molecule has 1 aliphatic rings. The van der Waals surface area contributed by atoms with E-state index < -0.39 is 5.41 Å². The van der Waals surface area contributed by atoms with Crippen molar-refractivity contribution in [3.05, 3.63) is 69.6 Å². The molecule has 2 aromatic heterocycles. The van der Waals surface area contributed by atoms with Crippen molar-refractivity contribution >= 4 is 50.5 Å². The fraction of sp³-hybridized carbons (Fsp3) is 0.320. The zero-order chi connectivity index (χ0) is 23.4. The Morgan fingerprint density at radius 3 is 2.47 bits per heavy atom. The molecule has 0 aliphatic heterocycles. The second-order valence-corrected chi connectivity index (χ2v) is 10.7. The lowest BCUT2D eigenvalue weighted by molar-refractivity contribution is -0.159. The van der Waals surface area contributed by atoms with Gasteiger partial charge in [-0.15, -0.1) is 21.5 Å². The van der Waals surface area contributed by atoms with Crippen LogP contribution in [0.1, 0.15) is 51.9 Å². The highest BCUT2D eigenvalue weighted by atomic mass is 32.1. The number of esters is 1. The lowest BCUT2D eigenvalue weighted by Gasteiger charge is -2.34. The van der Waals surface area contributed by atoms with Crippen LogP contribution in [0.3, 0.4) is 0 Å². The summed E-state index contributed by atoms with van der Waals surface area (Å²) in [7, 11) is 0. The Morgan fingerprint density at radius 1 is 0.912 bits per heavy atom. The Balaban J connectivity index is 1.25. The fourth-order valence-corrected chi connectivity index (χ4v) is 6.12. The molecule has 2 aromatic carbocycles. The molecule has 9 heteroatoms. The molecule has 34 heavy (non-hydrogen) atoms. The zero-order valence-corrected chi connectivity index (χ0v) is 20.2. The van der Waals surface area contributed by atoms with Crippen molar-refractivity contribution in [3.8, 4) is 0 Å². The number of benzene rings is 2. The van der Waals surface area contributed by atoms with Crippen molar-refractivity contribution in [2.75, 3.05) is 5.32 Å². The highest BCUT2D eigenvalue weighted by Crippen LogP contribution is 2.42. The van der Waals surface area contributed by atoms with Gasteiger partial charge < -0.3 is 10.1 Å². The lowest BCUT2D eigenvalue weighted by atomic mass is 9.72. The van der Waals surface area contributed by atoms with Crippen molar-refractivity contribution < 1.29 is 14.3 Å². The van der Waals surface area contributed by atoms with Gasteiger partial charge in [-0.2, -0.15) is 0 Å². The predicted molar refractivity (Wildman–Crippen MR) is 133 cm³/mol. The highest BCUT2D eigenvalue weighted by molar-refractivity contribution is 7.18. The highest BCUT2D eigenvalue weighted by Gasteiger charge is 2.42. The molecular weight excluding hydrogens is 468 g/mol. The van der Waals surface area contributed by atoms with Crippen LogP contribution in [0.5, 0.6) is 0 Å². The molecule has 1 aliphatic carbocycles. The van der Waals surface area contributed by atoms with E-state index in [1.807, 2.05) is 36.4 Å². The molecule has 4 aromatic rings. The molecule has 1 saturated carbocycles. The van der Waals surface area contributed by atoms with Gasteiger partial charge in [0.15, 0.2) is 5.01 Å².